The Morgan fingerprint density at radius 3 is 2.81 bits per heavy atom. The van der Waals surface area contributed by atoms with E-state index in [1.165, 1.54) is 23.0 Å². The van der Waals surface area contributed by atoms with Crippen molar-refractivity contribution in [2.24, 2.45) is 11.3 Å². The third-order valence-corrected chi connectivity index (χ3v) is 7.84. The number of aliphatic hydroxyl groups is 1. The molecule has 2 atom stereocenters. The van der Waals surface area contributed by atoms with Crippen molar-refractivity contribution in [2.45, 2.75) is 52.5 Å². The van der Waals surface area contributed by atoms with E-state index in [0.29, 0.717) is 21.0 Å². The first kappa shape index (κ1) is 23.3. The Balaban J connectivity index is 1.57. The molecule has 170 valence electrons. The number of fused-ring (bicyclic) bond motifs is 2. The maximum absolute atomic E-state index is 14.0. The molecule has 3 aromatic rings. The van der Waals surface area contributed by atoms with Crippen LogP contribution < -0.4 is 5.32 Å². The van der Waals surface area contributed by atoms with Gasteiger partial charge in [0.25, 0.3) is 5.91 Å². The zero-order valence-corrected chi connectivity index (χ0v) is 20.8. The van der Waals surface area contributed by atoms with Gasteiger partial charge in [-0.3, -0.25) is 4.79 Å². The first-order valence-corrected chi connectivity index (χ1v) is 12.4. The standard InChI is InChI=1S/C24H27BrFN3O2S/c1-24(2,3)15-5-7-18-14(10-15)12-20-22(28-18)32-23(29-20)21(31)27-19(8-9-30)13-4-6-16(25)17(26)11-13/h4,6,11-12,15,19,30H,5,7-10H2,1-3H3,(H,27,31)/t15-,19+/m0/s1. The lowest BCUT2D eigenvalue weighted by molar-refractivity contribution is 0.0929. The molecule has 32 heavy (non-hydrogen) atoms. The molecule has 1 amide bonds. The summed E-state index contributed by atoms with van der Waals surface area (Å²) >= 11 is 4.41. The van der Waals surface area contributed by atoms with E-state index in [1.807, 2.05) is 0 Å². The number of aromatic nitrogens is 2. The Morgan fingerprint density at radius 2 is 2.12 bits per heavy atom. The number of aryl methyl sites for hydroxylation is 1. The van der Waals surface area contributed by atoms with Crippen molar-refractivity contribution in [2.75, 3.05) is 6.61 Å². The number of nitrogens with one attached hydrogen (secondary N) is 1. The molecule has 0 unspecified atom stereocenters. The minimum Gasteiger partial charge on any atom is -0.396 e. The Morgan fingerprint density at radius 1 is 1.34 bits per heavy atom. The number of aliphatic hydroxyl groups excluding tert-OH is 1. The molecule has 2 aromatic heterocycles. The smallest absolute Gasteiger partial charge is 0.280 e. The van der Waals surface area contributed by atoms with E-state index in [4.69, 9.17) is 4.98 Å². The van der Waals surface area contributed by atoms with Gasteiger partial charge in [-0.1, -0.05) is 38.2 Å². The van der Waals surface area contributed by atoms with Crippen molar-refractivity contribution in [1.29, 1.82) is 0 Å². The summed E-state index contributed by atoms with van der Waals surface area (Å²) in [5, 5.41) is 12.7. The minimum absolute atomic E-state index is 0.133. The van der Waals surface area contributed by atoms with Gasteiger partial charge >= 0.3 is 0 Å². The number of carbonyl (C=O) groups is 1. The van der Waals surface area contributed by atoms with Crippen LogP contribution in [0.25, 0.3) is 10.3 Å². The monoisotopic (exact) mass is 519 g/mol. The second-order valence-electron chi connectivity index (χ2n) is 9.46. The number of amides is 1. The average molecular weight is 520 g/mol. The van der Waals surface area contributed by atoms with Gasteiger partial charge < -0.3 is 10.4 Å². The molecule has 0 bridgehead atoms. The van der Waals surface area contributed by atoms with E-state index in [-0.39, 0.29) is 24.3 Å². The van der Waals surface area contributed by atoms with E-state index in [0.717, 1.165) is 35.3 Å². The van der Waals surface area contributed by atoms with Crippen molar-refractivity contribution in [3.8, 4) is 0 Å². The van der Waals surface area contributed by atoms with Gasteiger partial charge in [0.15, 0.2) is 5.01 Å². The molecule has 4 rings (SSSR count). The van der Waals surface area contributed by atoms with Crippen molar-refractivity contribution in [1.82, 2.24) is 15.3 Å². The predicted molar refractivity (Wildman–Crippen MR) is 128 cm³/mol. The lowest BCUT2D eigenvalue weighted by Gasteiger charge is -2.34. The van der Waals surface area contributed by atoms with E-state index in [1.54, 1.807) is 12.1 Å². The van der Waals surface area contributed by atoms with Crippen LogP contribution in [0.3, 0.4) is 0 Å². The van der Waals surface area contributed by atoms with E-state index in [9.17, 15) is 14.3 Å². The Kier molecular flexibility index (Phi) is 6.66. The quantitative estimate of drug-likeness (QED) is 0.460. The van der Waals surface area contributed by atoms with Gasteiger partial charge in [-0.25, -0.2) is 14.4 Å². The first-order valence-electron chi connectivity index (χ1n) is 10.8. The van der Waals surface area contributed by atoms with Crippen molar-refractivity contribution in [3.63, 3.8) is 0 Å². The molecule has 2 heterocycles. The molecule has 0 aliphatic heterocycles. The summed E-state index contributed by atoms with van der Waals surface area (Å²) in [5.41, 5.74) is 3.91. The highest BCUT2D eigenvalue weighted by molar-refractivity contribution is 9.10. The zero-order valence-electron chi connectivity index (χ0n) is 18.4. The highest BCUT2D eigenvalue weighted by Gasteiger charge is 2.30. The van der Waals surface area contributed by atoms with Gasteiger partial charge in [-0.15, -0.1) is 0 Å². The van der Waals surface area contributed by atoms with Gasteiger partial charge in [0.05, 0.1) is 10.5 Å². The molecule has 0 radical (unpaired) electrons. The third kappa shape index (κ3) is 4.87. The van der Waals surface area contributed by atoms with Crippen LogP contribution in [-0.2, 0) is 12.8 Å². The van der Waals surface area contributed by atoms with Crippen LogP contribution in [0.2, 0.25) is 0 Å². The van der Waals surface area contributed by atoms with Gasteiger partial charge in [-0.2, -0.15) is 0 Å². The van der Waals surface area contributed by atoms with Crippen LogP contribution in [-0.4, -0.2) is 27.6 Å². The number of carbonyl (C=O) groups excluding carboxylic acids is 1. The number of thiazole rings is 1. The number of nitrogens with zero attached hydrogens (tertiary/aromatic N) is 2. The molecular weight excluding hydrogens is 493 g/mol. The van der Waals surface area contributed by atoms with E-state index in [2.05, 4.69) is 53.1 Å². The Hall–Kier alpha value is -1.90. The first-order chi connectivity index (χ1) is 15.2. The van der Waals surface area contributed by atoms with Crippen LogP contribution in [0, 0.1) is 17.2 Å². The Bertz CT molecular complexity index is 1160. The molecule has 1 aliphatic rings. The Labute approximate surface area is 199 Å². The fourth-order valence-electron chi connectivity index (χ4n) is 4.25. The largest absolute Gasteiger partial charge is 0.396 e. The van der Waals surface area contributed by atoms with Crippen LogP contribution in [0.1, 0.15) is 66.3 Å². The molecule has 0 saturated carbocycles. The fourth-order valence-corrected chi connectivity index (χ4v) is 5.34. The predicted octanol–water partition coefficient (Wildman–Crippen LogP) is 5.60. The number of hydrogen-bond donors (Lipinski definition) is 2. The molecule has 5 nitrogen and oxygen atoms in total. The number of halogens is 2. The summed E-state index contributed by atoms with van der Waals surface area (Å²) in [5.74, 6) is -0.162. The second-order valence-corrected chi connectivity index (χ2v) is 11.3. The maximum atomic E-state index is 14.0. The number of hydrogen-bond acceptors (Lipinski definition) is 5. The summed E-state index contributed by atoms with van der Waals surface area (Å²) in [6, 6.07) is 6.25. The van der Waals surface area contributed by atoms with Gasteiger partial charge in [0.2, 0.25) is 0 Å². The summed E-state index contributed by atoms with van der Waals surface area (Å²) in [4.78, 5) is 23.1. The van der Waals surface area contributed by atoms with Gasteiger partial charge in [0, 0.05) is 12.3 Å². The SMILES string of the molecule is CC(C)(C)[C@H]1CCc2nc3sc(C(=O)N[C@H](CCO)c4ccc(Br)c(F)c4)nc3cc2C1. The normalized spacial score (nSPS) is 17.2. The molecule has 2 N–H and O–H groups in total. The second kappa shape index (κ2) is 9.15. The van der Waals surface area contributed by atoms with E-state index >= 15 is 0 Å². The molecule has 1 aromatic carbocycles. The third-order valence-electron chi connectivity index (χ3n) is 6.24. The number of benzene rings is 1. The van der Waals surface area contributed by atoms with Crippen molar-refractivity contribution in [3.05, 3.63) is 56.4 Å². The van der Waals surface area contributed by atoms with Crippen LogP contribution in [0.4, 0.5) is 4.39 Å². The van der Waals surface area contributed by atoms with Crippen LogP contribution >= 0.6 is 27.3 Å². The highest BCUT2D eigenvalue weighted by Crippen LogP contribution is 2.38. The summed E-state index contributed by atoms with van der Waals surface area (Å²) in [6.07, 6.45) is 3.32. The van der Waals surface area contributed by atoms with Crippen LogP contribution in [0.5, 0.6) is 0 Å². The number of pyridine rings is 1. The topological polar surface area (TPSA) is 75.1 Å². The van der Waals surface area contributed by atoms with Crippen molar-refractivity contribution >= 4 is 43.5 Å². The van der Waals surface area contributed by atoms with Gasteiger partial charge in [0.1, 0.15) is 16.2 Å². The molecule has 0 spiro atoms. The molecular formula is C24H27BrFN3O2S. The van der Waals surface area contributed by atoms with E-state index < -0.39 is 11.9 Å². The highest BCUT2D eigenvalue weighted by atomic mass is 79.9. The minimum atomic E-state index is -0.518. The lowest BCUT2D eigenvalue weighted by atomic mass is 9.71. The summed E-state index contributed by atoms with van der Waals surface area (Å²) in [6.45, 7) is 6.70. The molecule has 0 fully saturated rings. The molecule has 8 heteroatoms. The maximum Gasteiger partial charge on any atom is 0.280 e. The van der Waals surface area contributed by atoms with Crippen molar-refractivity contribution < 1.29 is 14.3 Å². The van der Waals surface area contributed by atoms with Crippen LogP contribution in [0.15, 0.2) is 28.7 Å². The lowest BCUT2D eigenvalue weighted by Crippen LogP contribution is -2.29. The average Bonchev–Trinajstić information content (AvgIpc) is 3.15. The number of rotatable bonds is 5. The van der Waals surface area contributed by atoms with Gasteiger partial charge in [-0.05, 0) is 82.3 Å². The summed E-state index contributed by atoms with van der Waals surface area (Å²) < 4.78 is 14.3. The zero-order chi connectivity index (χ0) is 23.0. The summed E-state index contributed by atoms with van der Waals surface area (Å²) in [7, 11) is 0. The molecule has 1 aliphatic carbocycles. The fraction of sp³-hybridized carbons (Fsp3) is 0.458. The molecule has 0 saturated heterocycles.